The predicted molar refractivity (Wildman–Crippen MR) is 57.7 cm³/mol. The van der Waals surface area contributed by atoms with E-state index < -0.39 is 0 Å². The first-order valence-electron chi connectivity index (χ1n) is 4.58. The lowest BCUT2D eigenvalue weighted by molar-refractivity contribution is 1.01. The third-order valence-corrected chi connectivity index (χ3v) is 2.35. The number of aromatic nitrogens is 3. The maximum absolute atomic E-state index is 11.5. The van der Waals surface area contributed by atoms with Crippen LogP contribution in [0.3, 0.4) is 0 Å². The highest BCUT2D eigenvalue weighted by molar-refractivity contribution is 5.91. The summed E-state index contributed by atoms with van der Waals surface area (Å²) in [6.07, 6.45) is 1.56. The number of benzene rings is 1. The lowest BCUT2D eigenvalue weighted by atomic mass is 10.2. The van der Waals surface area contributed by atoms with Crippen LogP contribution in [0.15, 0.2) is 41.3 Å². The average molecular weight is 197 g/mol. The number of hydrogen-bond acceptors (Lipinski definition) is 3. The summed E-state index contributed by atoms with van der Waals surface area (Å²) in [5.41, 5.74) is 1.29. The molecule has 15 heavy (non-hydrogen) atoms. The molecule has 0 aliphatic heterocycles. The van der Waals surface area contributed by atoms with E-state index in [9.17, 15) is 4.79 Å². The van der Waals surface area contributed by atoms with Crippen LogP contribution in [0.5, 0.6) is 0 Å². The number of rotatable bonds is 0. The molecule has 0 spiro atoms. The van der Waals surface area contributed by atoms with Crippen molar-refractivity contribution in [3.63, 3.8) is 0 Å². The second kappa shape index (κ2) is 2.88. The first-order valence-corrected chi connectivity index (χ1v) is 4.58. The zero-order valence-corrected chi connectivity index (χ0v) is 7.77. The Hall–Kier alpha value is -2.23. The zero-order chi connectivity index (χ0) is 10.3. The Bertz CT molecular complexity index is 703. The van der Waals surface area contributed by atoms with E-state index >= 15 is 0 Å². The fourth-order valence-electron chi connectivity index (χ4n) is 1.62. The number of pyridine rings is 1. The standard InChI is InChI=1S/C11H7N3O/c15-11-8-5-7-3-1-2-4-9(7)13-10(8)6-12-14-11/h1-6H,(H,14,15). The second-order valence-electron chi connectivity index (χ2n) is 3.31. The third kappa shape index (κ3) is 1.19. The van der Waals surface area contributed by atoms with Gasteiger partial charge in [0, 0.05) is 5.39 Å². The number of aromatic amines is 1. The molecule has 4 nitrogen and oxygen atoms in total. The maximum Gasteiger partial charge on any atom is 0.273 e. The molecule has 1 aromatic carbocycles. The van der Waals surface area contributed by atoms with Crippen LogP contribution in [-0.2, 0) is 0 Å². The highest BCUT2D eigenvalue weighted by atomic mass is 16.1. The van der Waals surface area contributed by atoms with Crippen molar-refractivity contribution in [1.82, 2.24) is 15.2 Å². The van der Waals surface area contributed by atoms with Crippen LogP contribution in [0.1, 0.15) is 0 Å². The van der Waals surface area contributed by atoms with E-state index in [0.29, 0.717) is 10.9 Å². The van der Waals surface area contributed by atoms with Gasteiger partial charge < -0.3 is 0 Å². The molecule has 2 heterocycles. The monoisotopic (exact) mass is 197 g/mol. The van der Waals surface area contributed by atoms with Gasteiger partial charge in [0.15, 0.2) is 0 Å². The summed E-state index contributed by atoms with van der Waals surface area (Å²) >= 11 is 0. The van der Waals surface area contributed by atoms with Gasteiger partial charge in [0.2, 0.25) is 0 Å². The van der Waals surface area contributed by atoms with Gasteiger partial charge in [-0.15, -0.1) is 0 Å². The summed E-state index contributed by atoms with van der Waals surface area (Å²) in [5, 5.41) is 7.65. The van der Waals surface area contributed by atoms with E-state index in [-0.39, 0.29) is 5.56 Å². The van der Waals surface area contributed by atoms with Crippen molar-refractivity contribution in [2.24, 2.45) is 0 Å². The van der Waals surface area contributed by atoms with E-state index in [0.717, 1.165) is 10.9 Å². The number of para-hydroxylation sites is 1. The van der Waals surface area contributed by atoms with Gasteiger partial charge in [-0.2, -0.15) is 5.10 Å². The lowest BCUT2D eigenvalue weighted by Crippen LogP contribution is -2.07. The summed E-state index contributed by atoms with van der Waals surface area (Å²) < 4.78 is 0. The van der Waals surface area contributed by atoms with E-state index in [2.05, 4.69) is 15.2 Å². The fourth-order valence-corrected chi connectivity index (χ4v) is 1.62. The van der Waals surface area contributed by atoms with E-state index in [1.807, 2.05) is 30.3 Å². The summed E-state index contributed by atoms with van der Waals surface area (Å²) in [6, 6.07) is 9.52. The molecular formula is C11H7N3O. The topological polar surface area (TPSA) is 58.6 Å². The molecule has 1 N–H and O–H groups in total. The molecule has 0 aliphatic carbocycles. The molecule has 0 bridgehead atoms. The van der Waals surface area contributed by atoms with Crippen molar-refractivity contribution >= 4 is 21.8 Å². The molecular weight excluding hydrogens is 190 g/mol. The van der Waals surface area contributed by atoms with Gasteiger partial charge in [-0.05, 0) is 12.1 Å². The minimum atomic E-state index is -0.203. The van der Waals surface area contributed by atoms with Crippen molar-refractivity contribution in [2.45, 2.75) is 0 Å². The Balaban J connectivity index is 2.59. The lowest BCUT2D eigenvalue weighted by Gasteiger charge is -1.98. The van der Waals surface area contributed by atoms with Gasteiger partial charge >= 0.3 is 0 Å². The minimum absolute atomic E-state index is 0.203. The van der Waals surface area contributed by atoms with Crippen LogP contribution in [0, 0.1) is 0 Å². The number of H-pyrrole nitrogens is 1. The zero-order valence-electron chi connectivity index (χ0n) is 7.77. The molecule has 0 saturated carbocycles. The molecule has 0 fully saturated rings. The van der Waals surface area contributed by atoms with Crippen molar-refractivity contribution in [1.29, 1.82) is 0 Å². The Morgan fingerprint density at radius 3 is 2.93 bits per heavy atom. The normalized spacial score (nSPS) is 10.9. The van der Waals surface area contributed by atoms with Crippen molar-refractivity contribution < 1.29 is 0 Å². The highest BCUT2D eigenvalue weighted by Gasteiger charge is 2.01. The Kier molecular flexibility index (Phi) is 1.56. The summed E-state index contributed by atoms with van der Waals surface area (Å²) in [5.74, 6) is 0. The van der Waals surface area contributed by atoms with Gasteiger partial charge in [0.25, 0.3) is 5.56 Å². The van der Waals surface area contributed by atoms with Gasteiger partial charge in [0.1, 0.15) is 0 Å². The molecule has 0 saturated heterocycles. The van der Waals surface area contributed by atoms with Crippen LogP contribution in [0.25, 0.3) is 21.8 Å². The van der Waals surface area contributed by atoms with Gasteiger partial charge in [0.05, 0.1) is 22.6 Å². The van der Waals surface area contributed by atoms with E-state index in [1.54, 1.807) is 6.20 Å². The number of fused-ring (bicyclic) bond motifs is 2. The molecule has 4 heteroatoms. The first-order chi connectivity index (χ1) is 7.34. The summed E-state index contributed by atoms with van der Waals surface area (Å²) in [6.45, 7) is 0. The number of nitrogens with zero attached hydrogens (tertiary/aromatic N) is 2. The van der Waals surface area contributed by atoms with Crippen molar-refractivity contribution in [3.05, 3.63) is 46.9 Å². The molecule has 0 aliphatic rings. The average Bonchev–Trinajstić information content (AvgIpc) is 2.27. The van der Waals surface area contributed by atoms with Crippen LogP contribution < -0.4 is 5.56 Å². The van der Waals surface area contributed by atoms with Crippen LogP contribution in [0.2, 0.25) is 0 Å². The third-order valence-electron chi connectivity index (χ3n) is 2.35. The van der Waals surface area contributed by atoms with Crippen LogP contribution in [0.4, 0.5) is 0 Å². The fraction of sp³-hybridized carbons (Fsp3) is 0. The predicted octanol–water partition coefficient (Wildman–Crippen LogP) is 1.47. The SMILES string of the molecule is O=c1[nH]ncc2nc3ccccc3cc12. The summed E-state index contributed by atoms with van der Waals surface area (Å²) in [7, 11) is 0. The van der Waals surface area contributed by atoms with Crippen LogP contribution in [-0.4, -0.2) is 15.2 Å². The van der Waals surface area contributed by atoms with E-state index in [1.165, 1.54) is 0 Å². The van der Waals surface area contributed by atoms with Gasteiger partial charge in [-0.1, -0.05) is 18.2 Å². The van der Waals surface area contributed by atoms with Crippen molar-refractivity contribution in [3.8, 4) is 0 Å². The Morgan fingerprint density at radius 2 is 2.00 bits per heavy atom. The Labute approximate surface area is 84.6 Å². The van der Waals surface area contributed by atoms with Crippen LogP contribution >= 0.6 is 0 Å². The molecule has 72 valence electrons. The number of nitrogens with one attached hydrogen (secondary N) is 1. The second-order valence-corrected chi connectivity index (χ2v) is 3.31. The largest absolute Gasteiger partial charge is 0.273 e. The summed E-state index contributed by atoms with van der Waals surface area (Å²) in [4.78, 5) is 15.8. The molecule has 0 atom stereocenters. The van der Waals surface area contributed by atoms with Gasteiger partial charge in [-0.3, -0.25) is 4.79 Å². The molecule has 3 rings (SSSR count). The smallest absolute Gasteiger partial charge is 0.267 e. The quantitative estimate of drug-likeness (QED) is 0.555. The maximum atomic E-state index is 11.5. The highest BCUT2D eigenvalue weighted by Crippen LogP contribution is 2.15. The number of hydrogen-bond donors (Lipinski definition) is 1. The van der Waals surface area contributed by atoms with E-state index in [4.69, 9.17) is 0 Å². The molecule has 0 unspecified atom stereocenters. The minimum Gasteiger partial charge on any atom is -0.267 e. The van der Waals surface area contributed by atoms with Crippen molar-refractivity contribution in [2.75, 3.05) is 0 Å². The molecule has 0 amide bonds. The van der Waals surface area contributed by atoms with Gasteiger partial charge in [-0.25, -0.2) is 10.1 Å². The molecule has 0 radical (unpaired) electrons. The first kappa shape index (κ1) is 8.11. The molecule has 2 aromatic heterocycles. The molecule has 3 aromatic rings. The Morgan fingerprint density at radius 1 is 1.13 bits per heavy atom.